The fourth-order valence-electron chi connectivity index (χ4n) is 8.61. The maximum atomic E-state index is 12.8. The summed E-state index contributed by atoms with van der Waals surface area (Å²) in [5.74, 6) is -1.70. The van der Waals surface area contributed by atoms with Crippen LogP contribution in [0.2, 0.25) is 0 Å². The summed E-state index contributed by atoms with van der Waals surface area (Å²) in [5.41, 5.74) is 0. The topological polar surface area (TPSA) is 494 Å². The monoisotopic (exact) mass is 1040 g/mol. The predicted molar refractivity (Wildman–Crippen MR) is 222 cm³/mol. The molecule has 29 atom stereocenters. The van der Waals surface area contributed by atoms with Gasteiger partial charge >= 0.3 is 0 Å². The minimum atomic E-state index is -2.15. The van der Waals surface area contributed by atoms with E-state index in [9.17, 15) is 96.4 Å². The summed E-state index contributed by atoms with van der Waals surface area (Å²) in [6, 6.07) is -3.53. The molecule has 5 fully saturated rings. The Kier molecular flexibility index (Phi) is 21.9. The third kappa shape index (κ3) is 13.8. The highest BCUT2D eigenvalue weighted by atomic mass is 16.8. The second kappa shape index (κ2) is 26.1. The van der Waals surface area contributed by atoms with Crippen LogP contribution in [0.15, 0.2) is 0 Å². The van der Waals surface area contributed by atoms with Crippen LogP contribution in [0.3, 0.4) is 0 Å². The largest absolute Gasteiger partial charge is 0.394 e. The number of ether oxygens (including phenoxy) is 10. The van der Waals surface area contributed by atoms with Crippen LogP contribution in [0.4, 0.5) is 0 Å². The molecule has 0 spiro atoms. The zero-order valence-electron chi connectivity index (χ0n) is 38.8. The van der Waals surface area contributed by atoms with Crippen LogP contribution in [0.1, 0.15) is 27.7 Å². The summed E-state index contributed by atoms with van der Waals surface area (Å²) in [5, 5.41) is 186. The first kappa shape index (κ1) is 59.7. The van der Waals surface area contributed by atoms with Gasteiger partial charge in [-0.05, 0) is 13.8 Å². The van der Waals surface area contributed by atoms with Gasteiger partial charge in [0.25, 0.3) is 0 Å². The molecule has 5 heterocycles. The number of nitrogens with one attached hydrogen (secondary N) is 2. The van der Waals surface area contributed by atoms with E-state index in [0.717, 1.165) is 13.8 Å². The summed E-state index contributed by atoms with van der Waals surface area (Å²) in [6.45, 7) is -0.0673. The standard InChI is InChI=1S/C40H70N2O29/c1-10-20(49)25(54)29(58)37(64-10)62-8-15(48)34(33(14(5-43)41-12(3)46)69-39-31(60)26(55)21(50)11(2)65-39)70-36-19(42-13(4)47)24(53)35(17(7-45)67-36)71-40-32(61)28(57)23(52)18(68-40)9-63-38-30(59)27(56)22(51)16(6-44)66-38/h10-11,14-40,43-45,48-61H,5-9H2,1-4H3,(H,41,46)(H,42,47)/t10-,11-,14-,15+,16+,17+,18+,19+,20+,21+,22+,23+,24+,25+,26+,27-,28-,29-,30-,31-,32-,33+,34+,35+,36-,37+,38-,39-,40-/m0/s1. The lowest BCUT2D eigenvalue weighted by molar-refractivity contribution is -0.366. The number of carbonyl (C=O) groups excluding carboxylic acids is 2. The van der Waals surface area contributed by atoms with Gasteiger partial charge in [0.2, 0.25) is 11.8 Å². The Bertz CT molecular complexity index is 1660. The zero-order valence-corrected chi connectivity index (χ0v) is 38.8. The molecule has 5 aliphatic rings. The number of hydrogen-bond acceptors (Lipinski definition) is 29. The smallest absolute Gasteiger partial charge is 0.217 e. The van der Waals surface area contributed by atoms with Gasteiger partial charge in [-0.25, -0.2) is 0 Å². The maximum Gasteiger partial charge on any atom is 0.217 e. The van der Waals surface area contributed by atoms with Crippen LogP contribution in [0.5, 0.6) is 0 Å². The molecule has 5 rings (SSSR count). The van der Waals surface area contributed by atoms with E-state index in [1.807, 2.05) is 0 Å². The van der Waals surface area contributed by atoms with Crippen LogP contribution in [-0.4, -0.2) is 309 Å². The third-order valence-corrected chi connectivity index (χ3v) is 12.8. The zero-order chi connectivity index (χ0) is 52.9. The van der Waals surface area contributed by atoms with Gasteiger partial charge in [-0.15, -0.1) is 0 Å². The number of rotatable bonds is 20. The fourth-order valence-corrected chi connectivity index (χ4v) is 8.61. The summed E-state index contributed by atoms with van der Waals surface area (Å²) in [6.07, 6.45) is -49.6. The van der Waals surface area contributed by atoms with Crippen molar-refractivity contribution in [3.63, 3.8) is 0 Å². The Labute approximate surface area is 404 Å². The van der Waals surface area contributed by atoms with Gasteiger partial charge in [-0.3, -0.25) is 9.59 Å². The molecular weight excluding hydrogens is 972 g/mol. The van der Waals surface area contributed by atoms with Crippen LogP contribution < -0.4 is 10.6 Å². The SMILES string of the molecule is CC(=O)N[C@H]1[C@H](O[C@@H]([C@H](O[C@@H]2O[C@@H](C)[C@@H](O)[C@@H](O)[C@@H]2O)[C@H](CO)NC(C)=O)[C@H](O)CO[C@@H]2O[C@@H](C)[C@@H](O)[C@@H](O)[C@@H]2O)O[C@H](CO)[C@@H](O[C@@H]2O[C@H](CO[C@H]3O[C@H](CO)[C@@H](O)[C@H](O)[C@@H]3O)[C@@H](O)[C@H](O)[C@@H]2O)[C@@H]1O. The molecular formula is C40H70N2O29. The first-order valence-electron chi connectivity index (χ1n) is 22.7. The van der Waals surface area contributed by atoms with Crippen molar-refractivity contribution in [2.45, 2.75) is 206 Å². The van der Waals surface area contributed by atoms with E-state index in [1.54, 1.807) is 0 Å². The van der Waals surface area contributed by atoms with Gasteiger partial charge < -0.3 is 145 Å². The fraction of sp³-hybridized carbons (Fsp3) is 0.950. The van der Waals surface area contributed by atoms with E-state index in [-0.39, 0.29) is 0 Å². The van der Waals surface area contributed by atoms with E-state index in [1.165, 1.54) is 13.8 Å². The molecule has 5 aliphatic heterocycles. The van der Waals surface area contributed by atoms with Gasteiger partial charge in [0.05, 0.1) is 51.3 Å². The highest BCUT2D eigenvalue weighted by molar-refractivity contribution is 5.73. The number of aliphatic hydroxyl groups is 17. The molecule has 31 heteroatoms. The average Bonchev–Trinajstić information content (AvgIpc) is 3.33. The highest BCUT2D eigenvalue weighted by Crippen LogP contribution is 2.34. The molecule has 0 aromatic rings. The van der Waals surface area contributed by atoms with E-state index in [2.05, 4.69) is 10.6 Å². The number of amides is 2. The lowest BCUT2D eigenvalue weighted by Crippen LogP contribution is -2.69. The molecule has 414 valence electrons. The van der Waals surface area contributed by atoms with E-state index >= 15 is 0 Å². The molecule has 0 radical (unpaired) electrons. The molecule has 2 amide bonds. The van der Waals surface area contributed by atoms with E-state index in [4.69, 9.17) is 47.4 Å². The number of carbonyl (C=O) groups is 2. The summed E-state index contributed by atoms with van der Waals surface area (Å²) < 4.78 is 57.2. The van der Waals surface area contributed by atoms with Crippen molar-refractivity contribution in [1.29, 1.82) is 0 Å². The second-order valence-electron chi connectivity index (χ2n) is 18.0. The van der Waals surface area contributed by atoms with Crippen LogP contribution in [0.25, 0.3) is 0 Å². The Morgan fingerprint density at radius 3 is 1.51 bits per heavy atom. The summed E-state index contributed by atoms with van der Waals surface area (Å²) >= 11 is 0. The first-order chi connectivity index (χ1) is 33.4. The van der Waals surface area contributed by atoms with Crippen molar-refractivity contribution in [1.82, 2.24) is 10.6 Å². The highest BCUT2D eigenvalue weighted by Gasteiger charge is 2.55. The Morgan fingerprint density at radius 2 is 0.972 bits per heavy atom. The molecule has 19 N–H and O–H groups in total. The molecule has 31 nitrogen and oxygen atoms in total. The second-order valence-corrected chi connectivity index (χ2v) is 18.0. The van der Waals surface area contributed by atoms with Crippen molar-refractivity contribution in [3.8, 4) is 0 Å². The minimum absolute atomic E-state index is 0.788. The van der Waals surface area contributed by atoms with Gasteiger partial charge in [0, 0.05) is 13.8 Å². The van der Waals surface area contributed by atoms with Crippen molar-refractivity contribution < 1.29 is 144 Å². The summed E-state index contributed by atoms with van der Waals surface area (Å²) in [7, 11) is 0. The molecule has 0 aromatic carbocycles. The molecule has 5 saturated heterocycles. The van der Waals surface area contributed by atoms with E-state index in [0.29, 0.717) is 0 Å². The van der Waals surface area contributed by atoms with Crippen molar-refractivity contribution in [2.24, 2.45) is 0 Å². The Hall–Kier alpha value is -2.14. The molecule has 0 aliphatic carbocycles. The van der Waals surface area contributed by atoms with Gasteiger partial charge in [0.15, 0.2) is 31.5 Å². The predicted octanol–water partition coefficient (Wildman–Crippen LogP) is -12.1. The van der Waals surface area contributed by atoms with Gasteiger partial charge in [0.1, 0.15) is 128 Å². The van der Waals surface area contributed by atoms with Crippen molar-refractivity contribution >= 4 is 11.8 Å². The molecule has 0 aromatic heterocycles. The molecule has 71 heavy (non-hydrogen) atoms. The quantitative estimate of drug-likeness (QED) is 0.0538. The number of aliphatic hydroxyl groups excluding tert-OH is 17. The van der Waals surface area contributed by atoms with Gasteiger partial charge in [-0.2, -0.15) is 0 Å². The minimum Gasteiger partial charge on any atom is -0.394 e. The van der Waals surface area contributed by atoms with Crippen molar-refractivity contribution in [3.05, 3.63) is 0 Å². The van der Waals surface area contributed by atoms with Crippen LogP contribution in [0, 0.1) is 0 Å². The Morgan fingerprint density at radius 1 is 0.507 bits per heavy atom. The van der Waals surface area contributed by atoms with Crippen LogP contribution in [-0.2, 0) is 57.0 Å². The summed E-state index contributed by atoms with van der Waals surface area (Å²) in [4.78, 5) is 25.3. The normalized spacial score (nSPS) is 46.1. The van der Waals surface area contributed by atoms with Crippen molar-refractivity contribution in [2.75, 3.05) is 33.0 Å². The van der Waals surface area contributed by atoms with Crippen LogP contribution >= 0.6 is 0 Å². The molecule has 0 bridgehead atoms. The van der Waals surface area contributed by atoms with Gasteiger partial charge in [-0.1, -0.05) is 0 Å². The number of hydrogen-bond donors (Lipinski definition) is 19. The first-order valence-corrected chi connectivity index (χ1v) is 22.7. The third-order valence-electron chi connectivity index (χ3n) is 12.8. The lowest BCUT2D eigenvalue weighted by Gasteiger charge is -2.49. The molecule has 0 unspecified atom stereocenters. The average molecular weight is 1040 g/mol. The molecule has 0 saturated carbocycles. The lowest BCUT2D eigenvalue weighted by atomic mass is 9.94. The van der Waals surface area contributed by atoms with E-state index < -0.39 is 223 Å². The Balaban J connectivity index is 1.45. The maximum absolute atomic E-state index is 12.8.